The molecule has 0 heterocycles. The van der Waals surface area contributed by atoms with Crippen LogP contribution in [0.25, 0.3) is 0 Å². The molecule has 1 rings (SSSR count). The molecule has 0 aliphatic heterocycles. The Balaban J connectivity index is 1.91. The summed E-state index contributed by atoms with van der Waals surface area (Å²) in [4.78, 5) is 0. The molecule has 0 aliphatic rings. The van der Waals surface area contributed by atoms with E-state index in [1.807, 2.05) is 42.1 Å². The quantitative estimate of drug-likeness (QED) is 0.647. The molecule has 0 amide bonds. The van der Waals surface area contributed by atoms with E-state index >= 15 is 0 Å². The van der Waals surface area contributed by atoms with E-state index in [9.17, 15) is 0 Å². The molecule has 1 aromatic carbocycles. The fraction of sp³-hybridized carbons (Fsp3) is 0.462. The Bertz CT molecular complexity index is 307. The van der Waals surface area contributed by atoms with Crippen molar-refractivity contribution >= 4 is 11.8 Å². The van der Waals surface area contributed by atoms with E-state index in [4.69, 9.17) is 10.00 Å². The monoisotopic (exact) mass is 235 g/mol. The lowest BCUT2D eigenvalue weighted by Gasteiger charge is -2.05. The van der Waals surface area contributed by atoms with Gasteiger partial charge in [-0.15, -0.1) is 0 Å². The van der Waals surface area contributed by atoms with Gasteiger partial charge in [0.1, 0.15) is 5.75 Å². The van der Waals surface area contributed by atoms with Gasteiger partial charge in [-0.1, -0.05) is 18.2 Å². The molecule has 0 atom stereocenters. The number of thioether (sulfide) groups is 1. The van der Waals surface area contributed by atoms with E-state index in [1.54, 1.807) is 0 Å². The summed E-state index contributed by atoms with van der Waals surface area (Å²) in [6.45, 7) is 0.773. The highest BCUT2D eigenvalue weighted by molar-refractivity contribution is 7.99. The maximum Gasteiger partial charge on any atom is 0.119 e. The summed E-state index contributed by atoms with van der Waals surface area (Å²) in [7, 11) is 0. The number of benzene rings is 1. The average molecular weight is 235 g/mol. The second kappa shape index (κ2) is 9.11. The van der Waals surface area contributed by atoms with Crippen LogP contribution < -0.4 is 4.74 Å². The number of hydrogen-bond donors (Lipinski definition) is 0. The molecule has 1 aromatic rings. The van der Waals surface area contributed by atoms with E-state index in [2.05, 4.69) is 6.07 Å². The number of nitriles is 1. The van der Waals surface area contributed by atoms with E-state index in [-0.39, 0.29) is 0 Å². The fourth-order valence-corrected chi connectivity index (χ4v) is 2.10. The molecule has 3 heteroatoms. The maximum atomic E-state index is 8.35. The van der Waals surface area contributed by atoms with E-state index in [1.165, 1.54) is 0 Å². The zero-order valence-electron chi connectivity index (χ0n) is 9.39. The minimum Gasteiger partial charge on any atom is -0.494 e. The number of nitrogens with zero attached hydrogens (tertiary/aromatic N) is 1. The van der Waals surface area contributed by atoms with Crippen LogP contribution in [-0.2, 0) is 0 Å². The summed E-state index contributed by atoms with van der Waals surface area (Å²) in [6, 6.07) is 12.0. The summed E-state index contributed by atoms with van der Waals surface area (Å²) >= 11 is 1.90. The average Bonchev–Trinajstić information content (AvgIpc) is 2.34. The Morgan fingerprint density at radius 3 is 2.62 bits per heavy atom. The van der Waals surface area contributed by atoms with Crippen LogP contribution in [0.2, 0.25) is 0 Å². The van der Waals surface area contributed by atoms with Gasteiger partial charge in [-0.2, -0.15) is 17.0 Å². The number of unbranched alkanes of at least 4 members (excludes halogenated alkanes) is 1. The van der Waals surface area contributed by atoms with Crippen molar-refractivity contribution in [1.29, 1.82) is 5.26 Å². The lowest BCUT2D eigenvalue weighted by molar-refractivity contribution is 0.318. The van der Waals surface area contributed by atoms with Gasteiger partial charge in [0.2, 0.25) is 0 Å². The molecular weight excluding hydrogens is 218 g/mol. The molecule has 0 unspecified atom stereocenters. The molecule has 0 bridgehead atoms. The predicted octanol–water partition coefficient (Wildman–Crippen LogP) is 3.49. The standard InChI is InChI=1S/C13H17NOS/c14-9-4-5-11-16-12-6-10-15-13-7-2-1-3-8-13/h1-3,7-8H,4-6,10-12H2. The Morgan fingerprint density at radius 2 is 1.88 bits per heavy atom. The second-order valence-corrected chi connectivity index (χ2v) is 4.61. The highest BCUT2D eigenvalue weighted by Gasteiger charge is 1.93. The smallest absolute Gasteiger partial charge is 0.119 e. The van der Waals surface area contributed by atoms with Crippen LogP contribution in [0.4, 0.5) is 0 Å². The maximum absolute atomic E-state index is 8.35. The molecule has 0 spiro atoms. The van der Waals surface area contributed by atoms with E-state index in [0.717, 1.165) is 36.7 Å². The van der Waals surface area contributed by atoms with E-state index < -0.39 is 0 Å². The van der Waals surface area contributed by atoms with Crippen molar-refractivity contribution in [2.75, 3.05) is 18.1 Å². The minimum atomic E-state index is 0.674. The Morgan fingerprint density at radius 1 is 1.12 bits per heavy atom. The van der Waals surface area contributed by atoms with Gasteiger partial charge in [-0.3, -0.25) is 0 Å². The van der Waals surface area contributed by atoms with Crippen molar-refractivity contribution in [2.45, 2.75) is 19.3 Å². The molecule has 0 fully saturated rings. The van der Waals surface area contributed by atoms with Gasteiger partial charge in [0.15, 0.2) is 0 Å². The van der Waals surface area contributed by atoms with Crippen LogP contribution in [0.15, 0.2) is 30.3 Å². The first kappa shape index (κ1) is 12.9. The van der Waals surface area contributed by atoms with Gasteiger partial charge < -0.3 is 4.74 Å². The van der Waals surface area contributed by atoms with Crippen LogP contribution in [0.1, 0.15) is 19.3 Å². The Labute approximate surface area is 102 Å². The van der Waals surface area contributed by atoms with Crippen molar-refractivity contribution in [3.63, 3.8) is 0 Å². The molecule has 0 saturated heterocycles. The van der Waals surface area contributed by atoms with Gasteiger partial charge >= 0.3 is 0 Å². The third-order valence-electron chi connectivity index (χ3n) is 2.02. The number of hydrogen-bond acceptors (Lipinski definition) is 3. The lowest BCUT2D eigenvalue weighted by Crippen LogP contribution is -1.98. The van der Waals surface area contributed by atoms with Crippen LogP contribution >= 0.6 is 11.8 Å². The third-order valence-corrected chi connectivity index (χ3v) is 3.18. The summed E-state index contributed by atoms with van der Waals surface area (Å²) in [6.07, 6.45) is 2.74. The summed E-state index contributed by atoms with van der Waals surface area (Å²) in [5.74, 6) is 3.13. The van der Waals surface area contributed by atoms with Gasteiger partial charge in [0.25, 0.3) is 0 Å². The first-order valence-corrected chi connectivity index (χ1v) is 6.71. The molecule has 0 aliphatic carbocycles. The molecule has 16 heavy (non-hydrogen) atoms. The van der Waals surface area contributed by atoms with Crippen molar-refractivity contribution in [1.82, 2.24) is 0 Å². The molecule has 0 radical (unpaired) electrons. The molecule has 2 nitrogen and oxygen atoms in total. The van der Waals surface area contributed by atoms with E-state index in [0.29, 0.717) is 6.42 Å². The number of rotatable bonds is 8. The zero-order chi connectivity index (χ0) is 11.5. The molecule has 0 aromatic heterocycles. The van der Waals surface area contributed by atoms with Crippen LogP contribution in [0.3, 0.4) is 0 Å². The third kappa shape index (κ3) is 6.36. The zero-order valence-corrected chi connectivity index (χ0v) is 10.2. The summed E-state index contributed by atoms with van der Waals surface area (Å²) in [5, 5.41) is 8.35. The van der Waals surface area contributed by atoms with Crippen LogP contribution in [0.5, 0.6) is 5.75 Å². The van der Waals surface area contributed by atoms with Gasteiger partial charge in [-0.05, 0) is 36.5 Å². The Hall–Kier alpha value is -1.14. The normalized spacial score (nSPS) is 9.69. The molecular formula is C13H17NOS. The number of ether oxygens (including phenoxy) is 1. The van der Waals surface area contributed by atoms with Crippen molar-refractivity contribution < 1.29 is 4.74 Å². The van der Waals surface area contributed by atoms with Gasteiger partial charge in [0, 0.05) is 6.42 Å². The topological polar surface area (TPSA) is 33.0 Å². The van der Waals surface area contributed by atoms with Crippen LogP contribution in [-0.4, -0.2) is 18.1 Å². The largest absolute Gasteiger partial charge is 0.494 e. The van der Waals surface area contributed by atoms with Crippen molar-refractivity contribution in [2.24, 2.45) is 0 Å². The molecule has 86 valence electrons. The SMILES string of the molecule is N#CCCCSCCCOc1ccccc1. The van der Waals surface area contributed by atoms with Crippen LogP contribution in [0, 0.1) is 11.3 Å². The van der Waals surface area contributed by atoms with Crippen molar-refractivity contribution in [3.05, 3.63) is 30.3 Å². The van der Waals surface area contributed by atoms with Crippen molar-refractivity contribution in [3.8, 4) is 11.8 Å². The fourth-order valence-electron chi connectivity index (χ4n) is 1.22. The summed E-state index contributed by atoms with van der Waals surface area (Å²) < 4.78 is 5.57. The predicted molar refractivity (Wildman–Crippen MR) is 68.7 cm³/mol. The lowest BCUT2D eigenvalue weighted by atomic mass is 10.3. The Kier molecular flexibility index (Phi) is 7.36. The minimum absolute atomic E-state index is 0.674. The number of para-hydroxylation sites is 1. The molecule has 0 N–H and O–H groups in total. The first-order valence-electron chi connectivity index (χ1n) is 5.56. The molecule has 0 saturated carbocycles. The summed E-state index contributed by atoms with van der Waals surface area (Å²) in [5.41, 5.74) is 0. The highest BCUT2D eigenvalue weighted by Crippen LogP contribution is 2.10. The highest BCUT2D eigenvalue weighted by atomic mass is 32.2. The second-order valence-electron chi connectivity index (χ2n) is 3.39. The first-order chi connectivity index (χ1) is 7.93. The van der Waals surface area contributed by atoms with Gasteiger partial charge in [-0.25, -0.2) is 0 Å². The van der Waals surface area contributed by atoms with Gasteiger partial charge in [0.05, 0.1) is 12.7 Å².